The molecule has 0 unspecified atom stereocenters. The molecule has 1 heterocycles. The first-order chi connectivity index (χ1) is 11.9. The number of piperazine rings is 1. The molecule has 1 aliphatic rings. The molecule has 25 heavy (non-hydrogen) atoms. The molecule has 0 radical (unpaired) electrons. The standard InChI is InChI=1S/C18H21N3O3S/c19-25(23,24)17-8-6-15(7-9-17)18(22)21-11-10-20-16(13-21)12-14-4-2-1-3-5-14/h1-9,16,20H,10-13H2,(H2,19,23,24)/t16-/m1/s1. The second-order valence-electron chi connectivity index (χ2n) is 6.16. The number of primary sulfonamides is 1. The molecule has 2 aromatic carbocycles. The second-order valence-corrected chi connectivity index (χ2v) is 7.72. The third kappa shape index (κ3) is 4.45. The van der Waals surface area contributed by atoms with Gasteiger partial charge in [-0.1, -0.05) is 30.3 Å². The quantitative estimate of drug-likeness (QED) is 0.851. The lowest BCUT2D eigenvalue weighted by Crippen LogP contribution is -2.53. The van der Waals surface area contributed by atoms with Crippen molar-refractivity contribution in [2.75, 3.05) is 19.6 Å². The molecule has 2 aromatic rings. The van der Waals surface area contributed by atoms with E-state index in [4.69, 9.17) is 5.14 Å². The Kier molecular flexibility index (Phi) is 5.17. The minimum absolute atomic E-state index is 0.00585. The zero-order valence-electron chi connectivity index (χ0n) is 13.8. The van der Waals surface area contributed by atoms with E-state index in [1.807, 2.05) is 18.2 Å². The van der Waals surface area contributed by atoms with E-state index >= 15 is 0 Å². The van der Waals surface area contributed by atoms with Crippen LogP contribution in [0.4, 0.5) is 0 Å². The zero-order valence-corrected chi connectivity index (χ0v) is 14.6. The number of rotatable bonds is 4. The highest BCUT2D eigenvalue weighted by atomic mass is 32.2. The summed E-state index contributed by atoms with van der Waals surface area (Å²) in [6.45, 7) is 1.98. The fourth-order valence-corrected chi connectivity index (χ4v) is 3.53. The lowest BCUT2D eigenvalue weighted by atomic mass is 10.0. The van der Waals surface area contributed by atoms with E-state index < -0.39 is 10.0 Å². The van der Waals surface area contributed by atoms with Gasteiger partial charge in [0.15, 0.2) is 0 Å². The van der Waals surface area contributed by atoms with Crippen LogP contribution < -0.4 is 10.5 Å². The molecule has 1 aliphatic heterocycles. The lowest BCUT2D eigenvalue weighted by Gasteiger charge is -2.34. The highest BCUT2D eigenvalue weighted by Gasteiger charge is 2.24. The van der Waals surface area contributed by atoms with E-state index in [1.54, 1.807) is 4.90 Å². The fraction of sp³-hybridized carbons (Fsp3) is 0.278. The Hall–Kier alpha value is -2.22. The van der Waals surface area contributed by atoms with Crippen LogP contribution in [0, 0.1) is 0 Å². The Balaban J connectivity index is 1.67. The predicted molar refractivity (Wildman–Crippen MR) is 95.7 cm³/mol. The van der Waals surface area contributed by atoms with Crippen LogP contribution in [0.25, 0.3) is 0 Å². The van der Waals surface area contributed by atoms with E-state index in [9.17, 15) is 13.2 Å². The number of hydrogen-bond acceptors (Lipinski definition) is 4. The van der Waals surface area contributed by atoms with Gasteiger partial charge in [0.05, 0.1) is 4.90 Å². The molecule has 1 atom stereocenters. The first-order valence-electron chi connectivity index (χ1n) is 8.13. The predicted octanol–water partition coefficient (Wildman–Crippen LogP) is 0.991. The van der Waals surface area contributed by atoms with Crippen molar-refractivity contribution >= 4 is 15.9 Å². The maximum atomic E-state index is 12.7. The van der Waals surface area contributed by atoms with Crippen molar-refractivity contribution in [2.24, 2.45) is 5.14 Å². The number of carbonyl (C=O) groups excluding carboxylic acids is 1. The number of benzene rings is 2. The lowest BCUT2D eigenvalue weighted by molar-refractivity contribution is 0.0703. The van der Waals surface area contributed by atoms with Gasteiger partial charge in [0.2, 0.25) is 10.0 Å². The number of nitrogens with one attached hydrogen (secondary N) is 1. The van der Waals surface area contributed by atoms with Gasteiger partial charge in [0.25, 0.3) is 5.91 Å². The summed E-state index contributed by atoms with van der Waals surface area (Å²) in [7, 11) is -3.75. The molecular weight excluding hydrogens is 338 g/mol. The van der Waals surface area contributed by atoms with E-state index in [1.165, 1.54) is 29.8 Å². The normalized spacial score (nSPS) is 18.1. The van der Waals surface area contributed by atoms with Crippen LogP contribution in [0.1, 0.15) is 15.9 Å². The third-order valence-corrected chi connectivity index (χ3v) is 5.23. The third-order valence-electron chi connectivity index (χ3n) is 4.30. The van der Waals surface area contributed by atoms with Crippen LogP contribution in [-0.4, -0.2) is 44.9 Å². The van der Waals surface area contributed by atoms with Crippen molar-refractivity contribution in [3.63, 3.8) is 0 Å². The van der Waals surface area contributed by atoms with Gasteiger partial charge in [0.1, 0.15) is 0 Å². The van der Waals surface area contributed by atoms with E-state index in [0.717, 1.165) is 13.0 Å². The Bertz CT molecular complexity index is 836. The summed E-state index contributed by atoms with van der Waals surface area (Å²) < 4.78 is 22.6. The summed E-state index contributed by atoms with van der Waals surface area (Å²) in [6.07, 6.45) is 0.856. The average molecular weight is 359 g/mol. The first kappa shape index (κ1) is 17.6. The summed E-state index contributed by atoms with van der Waals surface area (Å²) in [5.41, 5.74) is 1.69. The van der Waals surface area contributed by atoms with E-state index in [-0.39, 0.29) is 16.8 Å². The second kappa shape index (κ2) is 7.35. The molecule has 1 fully saturated rings. The molecule has 1 amide bonds. The van der Waals surface area contributed by atoms with Crippen LogP contribution in [0.2, 0.25) is 0 Å². The number of hydrogen-bond donors (Lipinski definition) is 2. The number of nitrogens with zero attached hydrogens (tertiary/aromatic N) is 1. The number of nitrogens with two attached hydrogens (primary N) is 1. The summed E-state index contributed by atoms with van der Waals surface area (Å²) in [6, 6.07) is 16.1. The molecule has 0 aromatic heterocycles. The Labute approximate surface area is 147 Å². The molecule has 1 saturated heterocycles. The Morgan fingerprint density at radius 3 is 2.44 bits per heavy atom. The van der Waals surface area contributed by atoms with Gasteiger partial charge in [-0.25, -0.2) is 13.6 Å². The molecule has 3 rings (SSSR count). The topological polar surface area (TPSA) is 92.5 Å². The molecule has 132 valence electrons. The van der Waals surface area contributed by atoms with E-state index in [2.05, 4.69) is 17.4 Å². The molecule has 0 bridgehead atoms. The zero-order chi connectivity index (χ0) is 17.9. The number of sulfonamides is 1. The van der Waals surface area contributed by atoms with Gasteiger partial charge >= 0.3 is 0 Å². The number of amides is 1. The van der Waals surface area contributed by atoms with Crippen molar-refractivity contribution in [1.29, 1.82) is 0 Å². The van der Waals surface area contributed by atoms with Crippen molar-refractivity contribution in [3.8, 4) is 0 Å². The highest BCUT2D eigenvalue weighted by Crippen LogP contribution is 2.14. The van der Waals surface area contributed by atoms with Crippen LogP contribution in [0.15, 0.2) is 59.5 Å². The van der Waals surface area contributed by atoms with Crippen LogP contribution in [0.3, 0.4) is 0 Å². The van der Waals surface area contributed by atoms with Crippen molar-refractivity contribution < 1.29 is 13.2 Å². The van der Waals surface area contributed by atoms with Crippen molar-refractivity contribution in [2.45, 2.75) is 17.4 Å². The van der Waals surface area contributed by atoms with Gasteiger partial charge in [-0.2, -0.15) is 0 Å². The molecule has 0 aliphatic carbocycles. The SMILES string of the molecule is NS(=O)(=O)c1ccc(C(=O)N2CCN[C@H](Cc3ccccc3)C2)cc1. The molecule has 6 nitrogen and oxygen atoms in total. The molecule has 0 saturated carbocycles. The largest absolute Gasteiger partial charge is 0.336 e. The summed E-state index contributed by atoms with van der Waals surface area (Å²) >= 11 is 0. The average Bonchev–Trinajstić information content (AvgIpc) is 2.61. The monoisotopic (exact) mass is 359 g/mol. The Morgan fingerprint density at radius 1 is 1.12 bits per heavy atom. The summed E-state index contributed by atoms with van der Waals surface area (Å²) in [5, 5.41) is 8.53. The molecule has 0 spiro atoms. The minimum Gasteiger partial charge on any atom is -0.336 e. The summed E-state index contributed by atoms with van der Waals surface area (Å²) in [4.78, 5) is 14.5. The van der Waals surface area contributed by atoms with Gasteiger partial charge in [-0.3, -0.25) is 4.79 Å². The van der Waals surface area contributed by atoms with Gasteiger partial charge in [-0.15, -0.1) is 0 Å². The first-order valence-corrected chi connectivity index (χ1v) is 9.67. The van der Waals surface area contributed by atoms with Crippen LogP contribution >= 0.6 is 0 Å². The van der Waals surface area contributed by atoms with Gasteiger partial charge < -0.3 is 10.2 Å². The summed E-state index contributed by atoms with van der Waals surface area (Å²) in [5.74, 6) is -0.0967. The smallest absolute Gasteiger partial charge is 0.253 e. The van der Waals surface area contributed by atoms with Crippen molar-refractivity contribution in [3.05, 3.63) is 65.7 Å². The maximum absolute atomic E-state index is 12.7. The minimum atomic E-state index is -3.75. The molecule has 3 N–H and O–H groups in total. The van der Waals surface area contributed by atoms with E-state index in [0.29, 0.717) is 18.7 Å². The van der Waals surface area contributed by atoms with Gasteiger partial charge in [0, 0.05) is 31.2 Å². The van der Waals surface area contributed by atoms with Crippen LogP contribution in [-0.2, 0) is 16.4 Å². The van der Waals surface area contributed by atoms with Crippen LogP contribution in [0.5, 0.6) is 0 Å². The molecular formula is C18H21N3O3S. The fourth-order valence-electron chi connectivity index (χ4n) is 3.02. The highest BCUT2D eigenvalue weighted by molar-refractivity contribution is 7.89. The Morgan fingerprint density at radius 2 is 1.80 bits per heavy atom. The van der Waals surface area contributed by atoms with Crippen molar-refractivity contribution in [1.82, 2.24) is 10.2 Å². The maximum Gasteiger partial charge on any atom is 0.253 e. The number of carbonyl (C=O) groups is 1. The van der Waals surface area contributed by atoms with Gasteiger partial charge in [-0.05, 0) is 36.2 Å². The molecule has 7 heteroatoms.